The summed E-state index contributed by atoms with van der Waals surface area (Å²) in [5, 5.41) is 0. The Morgan fingerprint density at radius 2 is 1.81 bits per heavy atom. The first kappa shape index (κ1) is 14.8. The smallest absolute Gasteiger partial charge is 0.444 e. The Balaban J connectivity index is 3.93. The molecule has 0 spiro atoms. The van der Waals surface area contributed by atoms with Crippen molar-refractivity contribution in [3.63, 3.8) is 0 Å². The zero-order valence-electron chi connectivity index (χ0n) is 9.78. The molecule has 0 aliphatic heterocycles. The Bertz CT molecular complexity index is 251. The van der Waals surface area contributed by atoms with Crippen LogP contribution < -0.4 is 0 Å². The molecule has 0 bridgehead atoms. The summed E-state index contributed by atoms with van der Waals surface area (Å²) in [5.74, 6) is 0. The largest absolute Gasteiger partial charge is 0.511 e. The van der Waals surface area contributed by atoms with Crippen LogP contribution in [-0.2, 0) is 14.2 Å². The third kappa shape index (κ3) is 7.17. The van der Waals surface area contributed by atoms with Crippen molar-refractivity contribution in [3.8, 4) is 0 Å². The number of nitrogens with zero attached hydrogens (tertiary/aromatic N) is 1. The molecule has 0 rings (SSSR count). The fraction of sp³-hybridized carbons (Fsp3) is 0.778. The number of hydrogen-bond acceptors (Lipinski definition) is 5. The molecule has 0 heterocycles. The fourth-order valence-electron chi connectivity index (χ4n) is 0.628. The lowest BCUT2D eigenvalue weighted by atomic mass is 10.2. The molecular weight excluding hydrogens is 238 g/mol. The second kappa shape index (κ2) is 6.42. The minimum atomic E-state index is -0.939. The first-order valence-corrected chi connectivity index (χ1v) is 5.09. The van der Waals surface area contributed by atoms with Crippen molar-refractivity contribution in [2.75, 3.05) is 19.8 Å². The molecule has 7 heteroatoms. The van der Waals surface area contributed by atoms with Crippen LogP contribution in [0.2, 0.25) is 0 Å². The van der Waals surface area contributed by atoms with E-state index in [1.54, 1.807) is 20.8 Å². The van der Waals surface area contributed by atoms with Gasteiger partial charge in [0.05, 0.1) is 0 Å². The predicted molar refractivity (Wildman–Crippen MR) is 57.2 cm³/mol. The van der Waals surface area contributed by atoms with Gasteiger partial charge in [-0.1, -0.05) is 11.6 Å². The van der Waals surface area contributed by atoms with Gasteiger partial charge in [-0.2, -0.15) is 0 Å². The van der Waals surface area contributed by atoms with Crippen molar-refractivity contribution in [2.45, 2.75) is 26.4 Å². The van der Waals surface area contributed by atoms with Crippen LogP contribution in [0.4, 0.5) is 9.59 Å². The van der Waals surface area contributed by atoms with Gasteiger partial charge in [-0.3, -0.25) is 4.90 Å². The summed E-state index contributed by atoms with van der Waals surface area (Å²) in [6.07, 6.45) is -1.53. The summed E-state index contributed by atoms with van der Waals surface area (Å²) >= 11 is 5.13. The number of ether oxygens (including phenoxy) is 3. The molecule has 0 saturated heterocycles. The Labute approximate surface area is 99.4 Å². The van der Waals surface area contributed by atoms with E-state index in [0.717, 1.165) is 4.90 Å². The number of alkyl halides is 1. The third-order valence-corrected chi connectivity index (χ3v) is 1.36. The number of carbonyl (C=O) groups is 2. The minimum absolute atomic E-state index is 0.259. The molecule has 0 saturated carbocycles. The van der Waals surface area contributed by atoms with Crippen molar-refractivity contribution < 1.29 is 23.8 Å². The molecule has 0 aliphatic rings. The van der Waals surface area contributed by atoms with E-state index in [1.165, 1.54) is 7.05 Å². The molecule has 0 radical (unpaired) electrons. The van der Waals surface area contributed by atoms with E-state index in [-0.39, 0.29) is 12.8 Å². The summed E-state index contributed by atoms with van der Waals surface area (Å²) in [6, 6.07) is -0.297. The van der Waals surface area contributed by atoms with Crippen LogP contribution in [0.5, 0.6) is 0 Å². The normalized spacial score (nSPS) is 10.6. The Morgan fingerprint density at radius 1 is 1.25 bits per heavy atom. The molecule has 0 atom stereocenters. The van der Waals surface area contributed by atoms with Crippen LogP contribution in [0.3, 0.4) is 0 Å². The van der Waals surface area contributed by atoms with Gasteiger partial charge >= 0.3 is 12.2 Å². The zero-order valence-corrected chi connectivity index (χ0v) is 10.5. The van der Waals surface area contributed by atoms with Crippen molar-refractivity contribution >= 4 is 23.8 Å². The zero-order chi connectivity index (χ0) is 12.8. The summed E-state index contributed by atoms with van der Waals surface area (Å²) < 4.78 is 13.9. The van der Waals surface area contributed by atoms with Gasteiger partial charge in [-0.15, -0.1) is 0 Å². The average molecular weight is 254 g/mol. The molecule has 0 aromatic heterocycles. The second-order valence-corrected chi connectivity index (χ2v) is 4.17. The summed E-state index contributed by atoms with van der Waals surface area (Å²) in [6.45, 7) is 4.95. The van der Waals surface area contributed by atoms with E-state index in [4.69, 9.17) is 16.3 Å². The Kier molecular flexibility index (Phi) is 5.95. The van der Waals surface area contributed by atoms with Gasteiger partial charge in [0.25, 0.3) is 0 Å². The topological polar surface area (TPSA) is 65.1 Å². The van der Waals surface area contributed by atoms with Gasteiger partial charge in [0.1, 0.15) is 5.60 Å². The standard InChI is InChI=1S/C9H16ClNO5/c1-9(2,3)16-7(12)11(4)6-15-8(13)14-5-10/h5-6H2,1-4H3. The quantitative estimate of drug-likeness (QED) is 0.438. The average Bonchev–Trinajstić information content (AvgIpc) is 2.11. The summed E-state index contributed by atoms with van der Waals surface area (Å²) in [7, 11) is 1.43. The molecule has 0 N–H and O–H groups in total. The van der Waals surface area contributed by atoms with Gasteiger partial charge in [0.2, 0.25) is 0 Å². The maximum absolute atomic E-state index is 11.4. The highest BCUT2D eigenvalue weighted by Gasteiger charge is 2.20. The maximum atomic E-state index is 11.4. The molecule has 0 aromatic rings. The van der Waals surface area contributed by atoms with Crippen LogP contribution >= 0.6 is 11.6 Å². The summed E-state index contributed by atoms with van der Waals surface area (Å²) in [5.41, 5.74) is -0.595. The van der Waals surface area contributed by atoms with Crippen LogP contribution in [0, 0.1) is 0 Å². The third-order valence-electron chi connectivity index (χ3n) is 1.25. The van der Waals surface area contributed by atoms with E-state index in [9.17, 15) is 9.59 Å². The molecule has 16 heavy (non-hydrogen) atoms. The van der Waals surface area contributed by atoms with E-state index in [0.29, 0.717) is 0 Å². The van der Waals surface area contributed by atoms with E-state index >= 15 is 0 Å². The molecule has 0 fully saturated rings. The number of halogens is 1. The highest BCUT2D eigenvalue weighted by atomic mass is 35.5. The molecule has 94 valence electrons. The molecule has 0 aliphatic carbocycles. The molecule has 1 amide bonds. The lowest BCUT2D eigenvalue weighted by molar-refractivity contribution is -0.00294. The van der Waals surface area contributed by atoms with E-state index in [1.807, 2.05) is 0 Å². The monoisotopic (exact) mass is 253 g/mol. The van der Waals surface area contributed by atoms with Crippen molar-refractivity contribution in [1.82, 2.24) is 4.90 Å². The highest BCUT2D eigenvalue weighted by molar-refractivity contribution is 6.17. The number of carbonyl (C=O) groups excluding carboxylic acids is 2. The van der Waals surface area contributed by atoms with Crippen LogP contribution in [0.15, 0.2) is 0 Å². The van der Waals surface area contributed by atoms with Gasteiger partial charge in [0.15, 0.2) is 12.8 Å². The summed E-state index contributed by atoms with van der Waals surface area (Å²) in [4.78, 5) is 23.2. The predicted octanol–water partition coefficient (Wildman–Crippen LogP) is 2.16. The van der Waals surface area contributed by atoms with Crippen LogP contribution in [0.1, 0.15) is 20.8 Å². The van der Waals surface area contributed by atoms with Gasteiger partial charge < -0.3 is 14.2 Å². The van der Waals surface area contributed by atoms with Gasteiger partial charge in [0, 0.05) is 7.05 Å². The highest BCUT2D eigenvalue weighted by Crippen LogP contribution is 2.08. The van der Waals surface area contributed by atoms with E-state index in [2.05, 4.69) is 9.47 Å². The molecule has 6 nitrogen and oxygen atoms in total. The van der Waals surface area contributed by atoms with Crippen LogP contribution in [0.25, 0.3) is 0 Å². The van der Waals surface area contributed by atoms with Gasteiger partial charge in [-0.25, -0.2) is 9.59 Å². The first-order valence-electron chi connectivity index (χ1n) is 4.56. The Hall–Kier alpha value is -1.17. The van der Waals surface area contributed by atoms with Crippen molar-refractivity contribution in [1.29, 1.82) is 0 Å². The molecular formula is C9H16ClNO5. The molecule has 0 unspecified atom stereocenters. The fourth-order valence-corrected chi connectivity index (χ4v) is 0.717. The lowest BCUT2D eigenvalue weighted by Gasteiger charge is -2.24. The number of amides is 1. The number of hydrogen-bond donors (Lipinski definition) is 0. The first-order chi connectivity index (χ1) is 7.26. The van der Waals surface area contributed by atoms with E-state index < -0.39 is 17.8 Å². The molecule has 0 aromatic carbocycles. The number of rotatable bonds is 3. The second-order valence-electron chi connectivity index (χ2n) is 3.96. The van der Waals surface area contributed by atoms with Crippen molar-refractivity contribution in [3.05, 3.63) is 0 Å². The maximum Gasteiger partial charge on any atom is 0.511 e. The van der Waals surface area contributed by atoms with Crippen molar-refractivity contribution in [2.24, 2.45) is 0 Å². The SMILES string of the molecule is CN(COC(=O)OCCl)C(=O)OC(C)(C)C. The Morgan fingerprint density at radius 3 is 2.25 bits per heavy atom. The lowest BCUT2D eigenvalue weighted by Crippen LogP contribution is -2.36. The minimum Gasteiger partial charge on any atom is -0.444 e. The van der Waals surface area contributed by atoms with Crippen LogP contribution in [-0.4, -0.2) is 42.6 Å². The van der Waals surface area contributed by atoms with Gasteiger partial charge in [-0.05, 0) is 20.8 Å².